The van der Waals surface area contributed by atoms with Crippen molar-refractivity contribution in [1.82, 2.24) is 10.2 Å². The summed E-state index contributed by atoms with van der Waals surface area (Å²) < 4.78 is 0. The van der Waals surface area contributed by atoms with Crippen molar-refractivity contribution in [3.8, 4) is 0 Å². The molecule has 2 amide bonds. The van der Waals surface area contributed by atoms with E-state index in [1.165, 1.54) is 19.3 Å². The fourth-order valence-corrected chi connectivity index (χ4v) is 3.79. The van der Waals surface area contributed by atoms with Crippen molar-refractivity contribution in [2.75, 3.05) is 43.4 Å². The number of piperazine rings is 1. The van der Waals surface area contributed by atoms with Gasteiger partial charge in [-0.15, -0.1) is 0 Å². The predicted octanol–water partition coefficient (Wildman–Crippen LogP) is 3.28. The second-order valence-electron chi connectivity index (χ2n) is 7.51. The van der Waals surface area contributed by atoms with Gasteiger partial charge in [-0.3, -0.25) is 0 Å². The Bertz CT molecular complexity index is 560. The maximum atomic E-state index is 12.5. The third kappa shape index (κ3) is 4.20. The fraction of sp³-hybridized carbons (Fsp3) is 0.632. The summed E-state index contributed by atoms with van der Waals surface area (Å²) >= 11 is 0. The molecule has 3 rings (SSSR count). The largest absolute Gasteiger partial charge is 0.367 e. The minimum atomic E-state index is -0.0824. The summed E-state index contributed by atoms with van der Waals surface area (Å²) in [6.45, 7) is 6.26. The lowest BCUT2D eigenvalue weighted by atomic mass is 9.83. The topological polar surface area (TPSA) is 47.6 Å². The van der Waals surface area contributed by atoms with E-state index in [9.17, 15) is 4.79 Å². The zero-order chi connectivity index (χ0) is 17.0. The highest BCUT2D eigenvalue weighted by Crippen LogP contribution is 2.29. The van der Waals surface area contributed by atoms with E-state index in [0.29, 0.717) is 0 Å². The van der Waals surface area contributed by atoms with Crippen LogP contribution < -0.4 is 15.5 Å². The number of nitrogens with one attached hydrogen (secondary N) is 2. The molecule has 0 bridgehead atoms. The van der Waals surface area contributed by atoms with Gasteiger partial charge in [-0.2, -0.15) is 0 Å². The number of likely N-dealkylation sites (N-methyl/N-ethyl adjacent to an activating group) is 1. The summed E-state index contributed by atoms with van der Waals surface area (Å²) in [7, 11) is 2.15. The molecule has 0 atom stereocenters. The summed E-state index contributed by atoms with van der Waals surface area (Å²) in [6, 6.07) is 8.04. The molecule has 132 valence electrons. The molecule has 1 aromatic rings. The minimum absolute atomic E-state index is 0.0644. The Balaban J connectivity index is 1.65. The summed E-state index contributed by atoms with van der Waals surface area (Å²) in [5, 5.41) is 6.29. The van der Waals surface area contributed by atoms with E-state index in [0.717, 1.165) is 50.4 Å². The van der Waals surface area contributed by atoms with Crippen molar-refractivity contribution < 1.29 is 4.79 Å². The van der Waals surface area contributed by atoms with E-state index in [2.05, 4.69) is 40.5 Å². The fourth-order valence-electron chi connectivity index (χ4n) is 3.79. The zero-order valence-electron chi connectivity index (χ0n) is 15.0. The van der Waals surface area contributed by atoms with Crippen LogP contribution in [0, 0.1) is 0 Å². The summed E-state index contributed by atoms with van der Waals surface area (Å²) in [5.74, 6) is 0. The van der Waals surface area contributed by atoms with Crippen LogP contribution in [0.15, 0.2) is 24.3 Å². The van der Waals surface area contributed by atoms with Gasteiger partial charge < -0.3 is 20.4 Å². The molecule has 1 heterocycles. The van der Waals surface area contributed by atoms with Crippen LogP contribution in [0.25, 0.3) is 0 Å². The molecule has 1 aromatic carbocycles. The van der Waals surface area contributed by atoms with Crippen molar-refractivity contribution in [2.45, 2.75) is 44.6 Å². The van der Waals surface area contributed by atoms with Gasteiger partial charge in [0.15, 0.2) is 0 Å². The van der Waals surface area contributed by atoms with Gasteiger partial charge >= 0.3 is 6.03 Å². The normalized spacial score (nSPS) is 21.3. The Morgan fingerprint density at radius 1 is 1.04 bits per heavy atom. The molecular weight excluding hydrogens is 300 g/mol. The average molecular weight is 330 g/mol. The number of rotatable bonds is 3. The Morgan fingerprint density at radius 2 is 1.71 bits per heavy atom. The molecule has 0 spiro atoms. The molecule has 1 saturated carbocycles. The molecule has 5 nitrogen and oxygen atoms in total. The first-order valence-corrected chi connectivity index (χ1v) is 9.17. The molecule has 0 aromatic heterocycles. The van der Waals surface area contributed by atoms with E-state index in [1.807, 2.05) is 18.2 Å². The smallest absolute Gasteiger partial charge is 0.319 e. The number of hydrogen-bond acceptors (Lipinski definition) is 3. The first-order valence-electron chi connectivity index (χ1n) is 9.17. The van der Waals surface area contributed by atoms with Crippen molar-refractivity contribution in [3.63, 3.8) is 0 Å². The van der Waals surface area contributed by atoms with Gasteiger partial charge in [-0.1, -0.05) is 31.4 Å². The van der Waals surface area contributed by atoms with E-state index in [4.69, 9.17) is 0 Å². The number of nitrogens with zero attached hydrogens (tertiary/aromatic N) is 2. The SMILES string of the molecule is CN1CCN(c2ccccc2NC(=O)NC2(C)CCCCC2)CC1. The lowest BCUT2D eigenvalue weighted by Gasteiger charge is -2.36. The number of urea groups is 1. The van der Waals surface area contributed by atoms with Gasteiger partial charge in [-0.25, -0.2) is 4.79 Å². The molecule has 1 saturated heterocycles. The predicted molar refractivity (Wildman–Crippen MR) is 99.8 cm³/mol. The third-order valence-electron chi connectivity index (χ3n) is 5.37. The van der Waals surface area contributed by atoms with Gasteiger partial charge in [0, 0.05) is 31.7 Å². The number of carbonyl (C=O) groups excluding carboxylic acids is 1. The van der Waals surface area contributed by atoms with E-state index >= 15 is 0 Å². The minimum Gasteiger partial charge on any atom is -0.367 e. The molecular formula is C19H30N4O. The molecule has 1 aliphatic carbocycles. The molecule has 2 fully saturated rings. The van der Waals surface area contributed by atoms with Crippen LogP contribution in [-0.4, -0.2) is 49.7 Å². The number of para-hydroxylation sites is 2. The van der Waals surface area contributed by atoms with Gasteiger partial charge in [0.05, 0.1) is 11.4 Å². The number of amides is 2. The van der Waals surface area contributed by atoms with Crippen LogP contribution >= 0.6 is 0 Å². The molecule has 24 heavy (non-hydrogen) atoms. The quantitative estimate of drug-likeness (QED) is 0.894. The highest BCUT2D eigenvalue weighted by Gasteiger charge is 2.28. The van der Waals surface area contributed by atoms with E-state index < -0.39 is 0 Å². The van der Waals surface area contributed by atoms with Crippen molar-refractivity contribution in [3.05, 3.63) is 24.3 Å². The summed E-state index contributed by atoms with van der Waals surface area (Å²) in [6.07, 6.45) is 5.83. The zero-order valence-corrected chi connectivity index (χ0v) is 15.0. The second-order valence-corrected chi connectivity index (χ2v) is 7.51. The Hall–Kier alpha value is -1.75. The number of hydrogen-bond donors (Lipinski definition) is 2. The van der Waals surface area contributed by atoms with Crippen LogP contribution in [0.1, 0.15) is 39.0 Å². The van der Waals surface area contributed by atoms with Crippen LogP contribution in [0.3, 0.4) is 0 Å². The number of anilines is 2. The lowest BCUT2D eigenvalue weighted by molar-refractivity contribution is 0.221. The van der Waals surface area contributed by atoms with Gasteiger partial charge in [0.2, 0.25) is 0 Å². The van der Waals surface area contributed by atoms with E-state index in [-0.39, 0.29) is 11.6 Å². The van der Waals surface area contributed by atoms with Gasteiger partial charge in [0.25, 0.3) is 0 Å². The maximum absolute atomic E-state index is 12.5. The number of benzene rings is 1. The second kappa shape index (κ2) is 7.43. The van der Waals surface area contributed by atoms with Gasteiger partial charge in [-0.05, 0) is 38.9 Å². The molecule has 2 N–H and O–H groups in total. The molecule has 1 aliphatic heterocycles. The van der Waals surface area contributed by atoms with Gasteiger partial charge in [0.1, 0.15) is 0 Å². The molecule has 0 unspecified atom stereocenters. The maximum Gasteiger partial charge on any atom is 0.319 e. The average Bonchev–Trinajstić information content (AvgIpc) is 2.56. The molecule has 0 radical (unpaired) electrons. The van der Waals surface area contributed by atoms with Crippen molar-refractivity contribution in [1.29, 1.82) is 0 Å². The Labute approximate surface area is 145 Å². The van der Waals surface area contributed by atoms with Crippen LogP contribution in [0.2, 0.25) is 0 Å². The van der Waals surface area contributed by atoms with Crippen molar-refractivity contribution >= 4 is 17.4 Å². The third-order valence-corrected chi connectivity index (χ3v) is 5.37. The number of carbonyl (C=O) groups is 1. The molecule has 5 heteroatoms. The highest BCUT2D eigenvalue weighted by atomic mass is 16.2. The van der Waals surface area contributed by atoms with Crippen LogP contribution in [0.4, 0.5) is 16.2 Å². The first kappa shape index (κ1) is 17.1. The van der Waals surface area contributed by atoms with E-state index in [1.54, 1.807) is 0 Å². The molecule has 2 aliphatic rings. The summed E-state index contributed by atoms with van der Waals surface area (Å²) in [4.78, 5) is 17.2. The van der Waals surface area contributed by atoms with Crippen molar-refractivity contribution in [2.24, 2.45) is 0 Å². The first-order chi connectivity index (χ1) is 11.6. The Morgan fingerprint density at radius 3 is 2.42 bits per heavy atom. The highest BCUT2D eigenvalue weighted by molar-refractivity contribution is 5.93. The summed E-state index contributed by atoms with van der Waals surface area (Å²) in [5.41, 5.74) is 1.96. The van der Waals surface area contributed by atoms with Crippen LogP contribution in [-0.2, 0) is 0 Å². The standard InChI is InChI=1S/C19H30N4O/c1-19(10-6-3-7-11-19)21-18(24)20-16-8-4-5-9-17(16)23-14-12-22(2)13-15-23/h4-5,8-9H,3,6-7,10-15H2,1-2H3,(H2,20,21,24). The van der Waals surface area contributed by atoms with Crippen LogP contribution in [0.5, 0.6) is 0 Å². The lowest BCUT2D eigenvalue weighted by Crippen LogP contribution is -2.49. The Kier molecular flexibility index (Phi) is 5.29. The monoisotopic (exact) mass is 330 g/mol.